The van der Waals surface area contributed by atoms with Gasteiger partial charge in [-0.2, -0.15) is 18.3 Å². The van der Waals surface area contributed by atoms with E-state index in [0.29, 0.717) is 25.1 Å². The Labute approximate surface area is 200 Å². The number of rotatable bonds is 2. The van der Waals surface area contributed by atoms with Gasteiger partial charge in [0.05, 0.1) is 23.5 Å². The summed E-state index contributed by atoms with van der Waals surface area (Å²) in [6.07, 6.45) is 5.16. The van der Waals surface area contributed by atoms with Crippen LogP contribution in [0.1, 0.15) is 54.9 Å². The lowest BCUT2D eigenvalue weighted by atomic mass is 9.54. The van der Waals surface area contributed by atoms with Gasteiger partial charge in [-0.05, 0) is 74.4 Å². The Kier molecular flexibility index (Phi) is 4.89. The molecule has 8 heteroatoms. The number of allylic oxidation sites excluding steroid dienone is 3. The molecule has 182 valence electrons. The van der Waals surface area contributed by atoms with Gasteiger partial charge in [0.2, 0.25) is 0 Å². The summed E-state index contributed by atoms with van der Waals surface area (Å²) in [6, 6.07) is 6.22. The van der Waals surface area contributed by atoms with Gasteiger partial charge in [-0.15, -0.1) is 0 Å². The summed E-state index contributed by atoms with van der Waals surface area (Å²) in [5.74, 6) is -2.25. The van der Waals surface area contributed by atoms with E-state index in [1.165, 1.54) is 17.7 Å². The molecule has 2 heterocycles. The third-order valence-electron chi connectivity index (χ3n) is 8.20. The molecule has 0 saturated heterocycles. The number of benzene rings is 1. The number of halogens is 4. The number of hydrogen-bond donors (Lipinski definition) is 1. The number of aromatic nitrogens is 4. The van der Waals surface area contributed by atoms with Crippen LogP contribution in [0.25, 0.3) is 11.8 Å². The summed E-state index contributed by atoms with van der Waals surface area (Å²) in [6.45, 7) is 3.98. The lowest BCUT2D eigenvalue weighted by Gasteiger charge is -2.50. The first-order valence-corrected chi connectivity index (χ1v) is 12.0. The van der Waals surface area contributed by atoms with E-state index in [-0.39, 0.29) is 23.6 Å². The molecule has 2 aromatic heterocycles. The Morgan fingerprint density at radius 3 is 2.60 bits per heavy atom. The smallest absolute Gasteiger partial charge is 0.346 e. The van der Waals surface area contributed by atoms with Crippen LogP contribution in [0.15, 0.2) is 53.9 Å². The summed E-state index contributed by atoms with van der Waals surface area (Å²) >= 11 is 0. The van der Waals surface area contributed by atoms with Crippen LogP contribution in [0, 0.1) is 30.0 Å². The van der Waals surface area contributed by atoms with Gasteiger partial charge < -0.3 is 4.98 Å². The number of hydrogen-bond acceptors (Lipinski definition) is 2. The van der Waals surface area contributed by atoms with Crippen LogP contribution in [0.5, 0.6) is 0 Å². The average molecular weight is 483 g/mol. The Hall–Kier alpha value is -3.16. The molecule has 35 heavy (non-hydrogen) atoms. The maximum Gasteiger partial charge on any atom is 0.392 e. The maximum absolute atomic E-state index is 14.1. The molecule has 3 aliphatic rings. The van der Waals surface area contributed by atoms with Crippen molar-refractivity contribution in [3.63, 3.8) is 0 Å². The molecule has 0 bridgehead atoms. The second kappa shape index (κ2) is 7.67. The third-order valence-corrected chi connectivity index (χ3v) is 8.20. The molecule has 0 amide bonds. The zero-order chi connectivity index (χ0) is 24.5. The van der Waals surface area contributed by atoms with Gasteiger partial charge in [-0.25, -0.2) is 14.1 Å². The van der Waals surface area contributed by atoms with Gasteiger partial charge in [-0.3, -0.25) is 0 Å². The van der Waals surface area contributed by atoms with Crippen molar-refractivity contribution in [2.75, 3.05) is 0 Å². The summed E-state index contributed by atoms with van der Waals surface area (Å²) < 4.78 is 57.7. The molecule has 0 unspecified atom stereocenters. The monoisotopic (exact) mass is 482 g/mol. The van der Waals surface area contributed by atoms with Crippen molar-refractivity contribution in [2.24, 2.45) is 17.3 Å². The number of fused-ring (bicyclic) bond motifs is 4. The highest BCUT2D eigenvalue weighted by molar-refractivity contribution is 5.64. The van der Waals surface area contributed by atoms with Gasteiger partial charge >= 0.3 is 6.18 Å². The summed E-state index contributed by atoms with van der Waals surface area (Å²) in [4.78, 5) is 7.48. The fraction of sp³-hybridized carbons (Fsp3) is 0.407. The van der Waals surface area contributed by atoms with Crippen LogP contribution in [0.2, 0.25) is 0 Å². The van der Waals surface area contributed by atoms with Gasteiger partial charge in [0, 0.05) is 23.2 Å². The molecule has 0 radical (unpaired) electrons. The van der Waals surface area contributed by atoms with Crippen LogP contribution in [-0.4, -0.2) is 25.9 Å². The lowest BCUT2D eigenvalue weighted by Crippen LogP contribution is -2.44. The molecular formula is C27H26F4N4. The van der Waals surface area contributed by atoms with Crippen LogP contribution in [0.4, 0.5) is 17.6 Å². The van der Waals surface area contributed by atoms with Gasteiger partial charge in [0.1, 0.15) is 11.6 Å². The van der Waals surface area contributed by atoms with E-state index in [9.17, 15) is 17.6 Å². The highest BCUT2D eigenvalue weighted by atomic mass is 19.4. The highest BCUT2D eigenvalue weighted by Gasteiger charge is 2.55. The molecule has 4 atom stereocenters. The Bertz CT molecular complexity index is 1340. The van der Waals surface area contributed by atoms with E-state index in [1.54, 1.807) is 18.3 Å². The number of nitrogens with one attached hydrogen (secondary N) is 1. The average Bonchev–Trinajstić information content (AvgIpc) is 3.42. The van der Waals surface area contributed by atoms with Gasteiger partial charge in [0.25, 0.3) is 0 Å². The van der Waals surface area contributed by atoms with Crippen molar-refractivity contribution in [3.05, 3.63) is 82.5 Å². The van der Waals surface area contributed by atoms with E-state index in [2.05, 4.69) is 28.1 Å². The number of nitrogens with zero attached hydrogens (tertiary/aromatic N) is 3. The Morgan fingerprint density at radius 1 is 1.14 bits per heavy atom. The van der Waals surface area contributed by atoms with Gasteiger partial charge in [0.15, 0.2) is 0 Å². The molecule has 0 aliphatic heterocycles. The number of aromatic amines is 1. The number of alkyl halides is 3. The van der Waals surface area contributed by atoms with Crippen molar-refractivity contribution in [1.82, 2.24) is 19.7 Å². The second-order valence-corrected chi connectivity index (χ2v) is 10.3. The molecule has 4 nitrogen and oxygen atoms in total. The van der Waals surface area contributed by atoms with Crippen LogP contribution < -0.4 is 0 Å². The fourth-order valence-corrected chi connectivity index (χ4v) is 6.55. The maximum atomic E-state index is 14.1. The summed E-state index contributed by atoms with van der Waals surface area (Å²) in [5, 5.41) is 4.57. The zero-order valence-electron chi connectivity index (χ0n) is 19.5. The normalized spacial score (nSPS) is 28.0. The molecule has 0 spiro atoms. The molecule has 6 rings (SSSR count). The molecule has 3 aliphatic carbocycles. The van der Waals surface area contributed by atoms with Crippen molar-refractivity contribution >= 4 is 6.08 Å². The molecular weight excluding hydrogens is 456 g/mol. The second-order valence-electron chi connectivity index (χ2n) is 10.3. The molecule has 1 N–H and O–H groups in total. The Morgan fingerprint density at radius 2 is 1.91 bits per heavy atom. The molecule has 1 aromatic carbocycles. The first-order chi connectivity index (χ1) is 16.6. The minimum atomic E-state index is -4.29. The van der Waals surface area contributed by atoms with Crippen molar-refractivity contribution < 1.29 is 17.6 Å². The quantitative estimate of drug-likeness (QED) is 0.327. The van der Waals surface area contributed by atoms with Crippen LogP contribution >= 0.6 is 0 Å². The first kappa shape index (κ1) is 22.3. The van der Waals surface area contributed by atoms with Crippen LogP contribution in [-0.2, 0) is 6.42 Å². The van der Waals surface area contributed by atoms with Crippen molar-refractivity contribution in [3.8, 4) is 5.69 Å². The number of aryl methyl sites for hydroxylation is 1. The van der Waals surface area contributed by atoms with E-state index >= 15 is 0 Å². The SMILES string of the molecule is Cc1cnc([C@H]2[C@H](C(F)(F)F)CC=C3[C@@H]2CCC2=Cc4c(cnn4-c4ccc(F)cc4)C[C@@]23C)[nH]1. The Balaban J connectivity index is 1.41. The van der Waals surface area contributed by atoms with Crippen molar-refractivity contribution in [1.29, 1.82) is 0 Å². The topological polar surface area (TPSA) is 46.5 Å². The van der Waals surface area contributed by atoms with E-state index in [1.807, 2.05) is 23.9 Å². The van der Waals surface area contributed by atoms with Gasteiger partial charge in [-0.1, -0.05) is 24.1 Å². The molecule has 3 aromatic rings. The molecule has 1 saturated carbocycles. The third kappa shape index (κ3) is 3.48. The number of H-pyrrole nitrogens is 1. The first-order valence-electron chi connectivity index (χ1n) is 12.0. The van der Waals surface area contributed by atoms with E-state index in [0.717, 1.165) is 28.2 Å². The minimum absolute atomic E-state index is 0.0374. The largest absolute Gasteiger partial charge is 0.392 e. The highest BCUT2D eigenvalue weighted by Crippen LogP contribution is 2.60. The predicted octanol–water partition coefficient (Wildman–Crippen LogP) is 6.69. The summed E-state index contributed by atoms with van der Waals surface area (Å²) in [7, 11) is 0. The zero-order valence-corrected chi connectivity index (χ0v) is 19.5. The van der Waals surface area contributed by atoms with E-state index in [4.69, 9.17) is 0 Å². The molecule has 1 fully saturated rings. The fourth-order valence-electron chi connectivity index (χ4n) is 6.55. The predicted molar refractivity (Wildman–Crippen MR) is 124 cm³/mol. The van der Waals surface area contributed by atoms with Crippen molar-refractivity contribution in [2.45, 2.75) is 51.6 Å². The summed E-state index contributed by atoms with van der Waals surface area (Å²) in [5.41, 5.74) is 5.51. The minimum Gasteiger partial charge on any atom is -0.346 e. The van der Waals surface area contributed by atoms with Crippen LogP contribution in [0.3, 0.4) is 0 Å². The standard InChI is InChI=1S/C27H26F4N4/c1-15-13-32-25(34-15)24-20-8-3-17-11-23-16(14-33-35(23)19-6-4-18(28)5-7-19)12-26(17,2)21(20)9-10-22(24)27(29,30)31/h4-7,9,11,13-14,20,22,24H,3,8,10,12H2,1-2H3,(H,32,34)/t20-,22+,24+,26-/m0/s1. The lowest BCUT2D eigenvalue weighted by molar-refractivity contribution is -0.186. The van der Waals surface area contributed by atoms with E-state index < -0.39 is 18.0 Å². The number of imidazole rings is 1.